The minimum Gasteiger partial charge on any atom is -0.454 e. The van der Waals surface area contributed by atoms with Crippen LogP contribution >= 0.6 is 0 Å². The Morgan fingerprint density at radius 2 is 0.818 bits per heavy atom. The van der Waals surface area contributed by atoms with Crippen molar-refractivity contribution in [3.8, 4) is 0 Å². The molecule has 506 valence electrons. The third-order valence-electron chi connectivity index (χ3n) is 16.4. The third-order valence-corrected chi connectivity index (χ3v) is 16.4. The molecular formula is C77H133NO10. The van der Waals surface area contributed by atoms with Gasteiger partial charge in [-0.15, -0.1) is 0 Å². The van der Waals surface area contributed by atoms with Crippen LogP contribution in [0.25, 0.3) is 0 Å². The lowest BCUT2D eigenvalue weighted by Gasteiger charge is -2.41. The fraction of sp³-hybridized carbons (Fsp3) is 0.740. The first-order valence-electron chi connectivity index (χ1n) is 36.2. The molecule has 88 heavy (non-hydrogen) atoms. The molecule has 11 nitrogen and oxygen atoms in total. The number of unbranched alkanes of at least 4 members (excludes halogenated alkanes) is 31. The molecule has 8 atom stereocenters. The van der Waals surface area contributed by atoms with Gasteiger partial charge < -0.3 is 45.1 Å². The van der Waals surface area contributed by atoms with Gasteiger partial charge in [0.25, 0.3) is 0 Å². The summed E-state index contributed by atoms with van der Waals surface area (Å²) < 4.78 is 17.7. The molecule has 0 aromatic carbocycles. The molecule has 1 rings (SSSR count). The van der Waals surface area contributed by atoms with Crippen LogP contribution < -0.4 is 5.32 Å². The fourth-order valence-corrected chi connectivity index (χ4v) is 10.7. The molecule has 1 fully saturated rings. The van der Waals surface area contributed by atoms with E-state index in [0.29, 0.717) is 12.8 Å². The number of carbonyl (C=O) groups excluding carboxylic acids is 2. The molecule has 0 saturated carbocycles. The van der Waals surface area contributed by atoms with E-state index in [4.69, 9.17) is 14.2 Å². The number of hydrogen-bond acceptors (Lipinski definition) is 10. The van der Waals surface area contributed by atoms with Gasteiger partial charge in [-0.05, 0) is 109 Å². The van der Waals surface area contributed by atoms with Crippen LogP contribution in [0.1, 0.15) is 303 Å². The van der Waals surface area contributed by atoms with Gasteiger partial charge in [0.05, 0.1) is 25.4 Å². The molecule has 6 N–H and O–H groups in total. The van der Waals surface area contributed by atoms with Crippen LogP contribution in [0.4, 0.5) is 0 Å². The summed E-state index contributed by atoms with van der Waals surface area (Å²) in [6, 6.07) is -1.04. The molecule has 11 heteroatoms. The first-order chi connectivity index (χ1) is 43.2. The van der Waals surface area contributed by atoms with E-state index >= 15 is 0 Å². The average Bonchev–Trinajstić information content (AvgIpc) is 3.72. The van der Waals surface area contributed by atoms with Crippen LogP contribution in [0.5, 0.6) is 0 Å². The summed E-state index contributed by atoms with van der Waals surface area (Å²) in [5.41, 5.74) is 0. The number of allylic oxidation sites excluding steroid dienone is 17. The number of esters is 1. The Labute approximate surface area is 538 Å². The third kappa shape index (κ3) is 50.0. The van der Waals surface area contributed by atoms with E-state index in [1.165, 1.54) is 141 Å². The molecule has 8 unspecified atom stereocenters. The van der Waals surface area contributed by atoms with Gasteiger partial charge in [0.15, 0.2) is 12.4 Å². The zero-order valence-corrected chi connectivity index (χ0v) is 56.3. The van der Waals surface area contributed by atoms with Gasteiger partial charge in [-0.25, -0.2) is 0 Å². The van der Waals surface area contributed by atoms with Gasteiger partial charge in [0.2, 0.25) is 5.91 Å². The number of rotatable bonds is 61. The molecule has 1 heterocycles. The molecule has 1 saturated heterocycles. The van der Waals surface area contributed by atoms with Gasteiger partial charge >= 0.3 is 5.97 Å². The van der Waals surface area contributed by atoms with Crippen molar-refractivity contribution >= 4 is 11.9 Å². The highest BCUT2D eigenvalue weighted by Crippen LogP contribution is 2.26. The number of nitrogens with one attached hydrogen (secondary N) is 1. The molecule has 1 aliphatic heterocycles. The van der Waals surface area contributed by atoms with E-state index in [0.717, 1.165) is 116 Å². The Morgan fingerprint density at radius 1 is 0.455 bits per heavy atom. The normalized spacial score (nSPS) is 18.8. The highest BCUT2D eigenvalue weighted by atomic mass is 16.7. The molecule has 1 aliphatic rings. The van der Waals surface area contributed by atoms with Crippen molar-refractivity contribution in [2.45, 2.75) is 352 Å². The second kappa shape index (κ2) is 63.5. The van der Waals surface area contributed by atoms with E-state index in [2.05, 4.69) is 123 Å². The van der Waals surface area contributed by atoms with E-state index in [9.17, 15) is 35.1 Å². The molecule has 0 radical (unpaired) electrons. The number of amides is 1. The van der Waals surface area contributed by atoms with Crippen molar-refractivity contribution in [3.05, 3.63) is 109 Å². The quantitative estimate of drug-likeness (QED) is 0.0195. The number of aliphatic hydroxyl groups is 5. The van der Waals surface area contributed by atoms with Gasteiger partial charge in [-0.1, -0.05) is 297 Å². The summed E-state index contributed by atoms with van der Waals surface area (Å²) in [5, 5.41) is 57.3. The number of hydrogen-bond donors (Lipinski definition) is 6. The standard InChI is InChI=1S/C77H133NO10/c1-4-7-10-13-16-19-22-25-27-29-31-33-35-37-38-40-42-44-46-49-52-55-58-61-64-70(81)76(85)78-68(69(80)63-60-57-54-51-48-24-21-18-15-12-9-6-3)67-86-77-75(74(84)73(83)71(66-79)87-77)88-72(82)65-62-59-56-53-50-47-45-43-41-39-36-34-32-30-28-26-23-20-17-14-11-8-5-2/h7,10,16-17,19-20,25-28,31,33,37-38,42,44,60,63,68-71,73-75,77,79-81,83-84H,4-6,8-9,11-15,18,21-24,29-30,32,34-36,39-41,43,45-59,61-62,64-67H2,1-3H3,(H,78,85)/b10-7-,19-16-,20-17-,27-25-,28-26-,33-31-,38-37-,44-42-,63-60+. The predicted octanol–water partition coefficient (Wildman–Crippen LogP) is 18.8. The average molecular weight is 1230 g/mol. The summed E-state index contributed by atoms with van der Waals surface area (Å²) in [6.07, 6.45) is 76.9. The van der Waals surface area contributed by atoms with E-state index in [1.54, 1.807) is 6.08 Å². The van der Waals surface area contributed by atoms with Crippen LogP contribution in [0, 0.1) is 0 Å². The Kier molecular flexibility index (Phi) is 59.4. The van der Waals surface area contributed by atoms with Crippen LogP contribution in [0.3, 0.4) is 0 Å². The minimum absolute atomic E-state index is 0.117. The maximum absolute atomic E-state index is 13.5. The first-order valence-corrected chi connectivity index (χ1v) is 36.2. The zero-order valence-electron chi connectivity index (χ0n) is 56.3. The zero-order chi connectivity index (χ0) is 63.9. The van der Waals surface area contributed by atoms with Crippen molar-refractivity contribution in [3.63, 3.8) is 0 Å². The Balaban J connectivity index is 2.59. The maximum atomic E-state index is 13.5. The monoisotopic (exact) mass is 1230 g/mol. The van der Waals surface area contributed by atoms with Crippen molar-refractivity contribution in [1.82, 2.24) is 5.32 Å². The summed E-state index contributed by atoms with van der Waals surface area (Å²) in [4.78, 5) is 26.7. The van der Waals surface area contributed by atoms with Crippen LogP contribution in [0.15, 0.2) is 109 Å². The molecular weight excluding hydrogens is 1100 g/mol. The smallest absolute Gasteiger partial charge is 0.306 e. The highest BCUT2D eigenvalue weighted by Gasteiger charge is 2.47. The van der Waals surface area contributed by atoms with Crippen molar-refractivity contribution in [2.75, 3.05) is 13.2 Å². The second-order valence-corrected chi connectivity index (χ2v) is 24.6. The first kappa shape index (κ1) is 82.3. The predicted molar refractivity (Wildman–Crippen MR) is 370 cm³/mol. The Morgan fingerprint density at radius 3 is 1.25 bits per heavy atom. The SMILES string of the molecule is CC/C=C\C/C=C\C/C=C\C/C=C\C/C=C\C/C=C\CCCCCCCC(O)C(=O)NC(COC1OC(CO)C(O)C(O)C1OC(=O)CCCCCCCCCCCCCCC/C=C\C/C=C\CCCCC)C(O)/C=C/CCCCCCCCCCCC. The van der Waals surface area contributed by atoms with E-state index < -0.39 is 67.4 Å². The second-order valence-electron chi connectivity index (χ2n) is 24.6. The molecule has 0 spiro atoms. The van der Waals surface area contributed by atoms with Crippen molar-refractivity contribution in [1.29, 1.82) is 0 Å². The number of carbonyl (C=O) groups is 2. The largest absolute Gasteiger partial charge is 0.454 e. The molecule has 0 aromatic rings. The summed E-state index contributed by atoms with van der Waals surface area (Å²) in [7, 11) is 0. The van der Waals surface area contributed by atoms with Crippen LogP contribution in [-0.4, -0.2) is 99.6 Å². The fourth-order valence-electron chi connectivity index (χ4n) is 10.7. The lowest BCUT2D eigenvalue weighted by Crippen LogP contribution is -2.61. The lowest BCUT2D eigenvalue weighted by atomic mass is 9.99. The molecule has 0 aromatic heterocycles. The Bertz CT molecular complexity index is 1850. The van der Waals surface area contributed by atoms with Crippen LogP contribution in [-0.2, 0) is 23.8 Å². The van der Waals surface area contributed by atoms with Gasteiger partial charge in [0, 0.05) is 6.42 Å². The van der Waals surface area contributed by atoms with E-state index in [-0.39, 0.29) is 19.4 Å². The van der Waals surface area contributed by atoms with E-state index in [1.807, 2.05) is 6.08 Å². The Hall–Kier alpha value is -3.68. The lowest BCUT2D eigenvalue weighted by molar-refractivity contribution is -0.305. The van der Waals surface area contributed by atoms with Gasteiger partial charge in [0.1, 0.15) is 24.4 Å². The molecule has 0 aliphatic carbocycles. The van der Waals surface area contributed by atoms with Crippen LogP contribution in [0.2, 0.25) is 0 Å². The molecule has 1 amide bonds. The van der Waals surface area contributed by atoms with Gasteiger partial charge in [-0.2, -0.15) is 0 Å². The summed E-state index contributed by atoms with van der Waals surface area (Å²) in [6.45, 7) is 5.66. The minimum atomic E-state index is -1.62. The maximum Gasteiger partial charge on any atom is 0.306 e. The topological polar surface area (TPSA) is 175 Å². The van der Waals surface area contributed by atoms with Crippen molar-refractivity contribution < 1.29 is 49.3 Å². The highest BCUT2D eigenvalue weighted by molar-refractivity contribution is 5.80. The number of aliphatic hydroxyl groups excluding tert-OH is 5. The summed E-state index contributed by atoms with van der Waals surface area (Å²) >= 11 is 0. The van der Waals surface area contributed by atoms with Crippen molar-refractivity contribution in [2.24, 2.45) is 0 Å². The number of ether oxygens (including phenoxy) is 3. The van der Waals surface area contributed by atoms with Gasteiger partial charge in [-0.3, -0.25) is 9.59 Å². The molecule has 0 bridgehead atoms. The summed E-state index contributed by atoms with van der Waals surface area (Å²) in [5.74, 6) is -1.21.